The van der Waals surface area contributed by atoms with Gasteiger partial charge in [0.15, 0.2) is 9.84 Å². The maximum atomic E-state index is 11.7. The van der Waals surface area contributed by atoms with E-state index in [2.05, 4.69) is 10.2 Å². The van der Waals surface area contributed by atoms with Crippen molar-refractivity contribution in [1.82, 2.24) is 5.32 Å². The molecule has 0 aromatic heterocycles. The molecule has 19 heavy (non-hydrogen) atoms. The zero-order chi connectivity index (χ0) is 13.9. The van der Waals surface area contributed by atoms with Gasteiger partial charge in [-0.2, -0.15) is 0 Å². The zero-order valence-electron chi connectivity index (χ0n) is 11.0. The Morgan fingerprint density at radius 2 is 2.11 bits per heavy atom. The molecule has 1 aliphatic heterocycles. The molecule has 0 unspecified atom stereocenters. The van der Waals surface area contributed by atoms with Crippen LogP contribution in [0.15, 0.2) is 18.2 Å². The van der Waals surface area contributed by atoms with Crippen molar-refractivity contribution in [2.45, 2.75) is 13.0 Å². The molecule has 1 saturated heterocycles. The molecule has 1 fully saturated rings. The van der Waals surface area contributed by atoms with Gasteiger partial charge in [0.05, 0.1) is 11.5 Å². The number of sulfone groups is 1. The summed E-state index contributed by atoms with van der Waals surface area (Å²) in [5.74, 6) is 0.504. The van der Waals surface area contributed by atoms with Crippen molar-refractivity contribution < 1.29 is 8.42 Å². The number of anilines is 1. The minimum absolute atomic E-state index is 0.221. The maximum absolute atomic E-state index is 11.7. The van der Waals surface area contributed by atoms with Crippen LogP contribution in [0.3, 0.4) is 0 Å². The summed E-state index contributed by atoms with van der Waals surface area (Å²) in [4.78, 5) is 2.13. The lowest BCUT2D eigenvalue weighted by Crippen LogP contribution is -2.28. The number of nitrogens with zero attached hydrogens (tertiary/aromatic N) is 1. The summed E-state index contributed by atoms with van der Waals surface area (Å²) in [7, 11) is -1.01. The van der Waals surface area contributed by atoms with Crippen molar-refractivity contribution in [2.75, 3.05) is 36.5 Å². The highest BCUT2D eigenvalue weighted by atomic mass is 35.5. The van der Waals surface area contributed by atoms with Gasteiger partial charge in [-0.05, 0) is 25.6 Å². The van der Waals surface area contributed by atoms with Gasteiger partial charge in [0.1, 0.15) is 0 Å². The van der Waals surface area contributed by atoms with E-state index >= 15 is 0 Å². The summed E-state index contributed by atoms with van der Waals surface area (Å²) in [6.07, 6.45) is 0.674. The molecule has 1 heterocycles. The van der Waals surface area contributed by atoms with E-state index in [0.717, 1.165) is 22.8 Å². The molecule has 1 aromatic rings. The normalized spacial score (nSPS) is 19.2. The Morgan fingerprint density at radius 1 is 1.32 bits per heavy atom. The van der Waals surface area contributed by atoms with Crippen molar-refractivity contribution in [1.29, 1.82) is 0 Å². The summed E-state index contributed by atoms with van der Waals surface area (Å²) in [5, 5.41) is 3.83. The Hall–Kier alpha value is -0.780. The third-order valence-electron chi connectivity index (χ3n) is 3.34. The first-order valence-corrected chi connectivity index (χ1v) is 8.61. The highest BCUT2D eigenvalue weighted by Crippen LogP contribution is 2.28. The molecule has 0 spiro atoms. The second-order valence-electron chi connectivity index (χ2n) is 4.76. The lowest BCUT2D eigenvalue weighted by atomic mass is 10.1. The summed E-state index contributed by atoms with van der Waals surface area (Å²) in [5.41, 5.74) is 2.07. The molecule has 1 aliphatic rings. The summed E-state index contributed by atoms with van der Waals surface area (Å²) in [6, 6.07) is 5.79. The molecule has 0 radical (unpaired) electrons. The molecule has 1 aromatic carbocycles. The highest BCUT2D eigenvalue weighted by molar-refractivity contribution is 7.91. The first-order chi connectivity index (χ1) is 9.03. The molecule has 0 aliphatic carbocycles. The fraction of sp³-hybridized carbons (Fsp3) is 0.538. The van der Waals surface area contributed by atoms with E-state index < -0.39 is 9.84 Å². The number of rotatable bonds is 3. The van der Waals surface area contributed by atoms with E-state index in [1.165, 1.54) is 0 Å². The SMILES string of the molecule is CNCc1c(Cl)cccc1N1CCCS(=O)(=O)CC1. The van der Waals surface area contributed by atoms with Gasteiger partial charge >= 0.3 is 0 Å². The smallest absolute Gasteiger partial charge is 0.152 e. The van der Waals surface area contributed by atoms with Crippen LogP contribution in [0, 0.1) is 0 Å². The second kappa shape index (κ2) is 6.11. The molecule has 0 atom stereocenters. The monoisotopic (exact) mass is 302 g/mol. The van der Waals surface area contributed by atoms with E-state index in [-0.39, 0.29) is 11.5 Å². The molecule has 0 bridgehead atoms. The number of benzene rings is 1. The van der Waals surface area contributed by atoms with Crippen molar-refractivity contribution in [2.24, 2.45) is 0 Å². The van der Waals surface area contributed by atoms with Gasteiger partial charge in [-0.1, -0.05) is 17.7 Å². The van der Waals surface area contributed by atoms with Gasteiger partial charge in [-0.25, -0.2) is 8.42 Å². The number of nitrogens with one attached hydrogen (secondary N) is 1. The molecule has 0 saturated carbocycles. The van der Waals surface area contributed by atoms with Gasteiger partial charge in [-0.15, -0.1) is 0 Å². The Kier molecular flexibility index (Phi) is 4.71. The van der Waals surface area contributed by atoms with E-state index in [1.807, 2.05) is 25.2 Å². The average molecular weight is 303 g/mol. The minimum atomic E-state index is -2.89. The topological polar surface area (TPSA) is 49.4 Å². The number of hydrogen-bond donors (Lipinski definition) is 1. The van der Waals surface area contributed by atoms with E-state index in [0.29, 0.717) is 19.5 Å². The summed E-state index contributed by atoms with van der Waals surface area (Å²) in [6.45, 7) is 1.98. The second-order valence-corrected chi connectivity index (χ2v) is 7.47. The number of halogens is 1. The van der Waals surface area contributed by atoms with E-state index in [4.69, 9.17) is 11.6 Å². The lowest BCUT2D eigenvalue weighted by molar-refractivity contribution is 0.597. The molecular weight excluding hydrogens is 284 g/mol. The average Bonchev–Trinajstić information content (AvgIpc) is 2.53. The fourth-order valence-electron chi connectivity index (χ4n) is 2.37. The van der Waals surface area contributed by atoms with Crippen LogP contribution in [-0.2, 0) is 16.4 Å². The van der Waals surface area contributed by atoms with Crippen LogP contribution < -0.4 is 10.2 Å². The maximum Gasteiger partial charge on any atom is 0.152 e. The first kappa shape index (κ1) is 14.6. The zero-order valence-corrected chi connectivity index (χ0v) is 12.6. The van der Waals surface area contributed by atoms with Gasteiger partial charge in [0.25, 0.3) is 0 Å². The Balaban J connectivity index is 2.28. The Labute approximate surface area is 119 Å². The first-order valence-electron chi connectivity index (χ1n) is 6.41. The highest BCUT2D eigenvalue weighted by Gasteiger charge is 2.21. The Bertz CT molecular complexity index is 546. The molecule has 6 heteroatoms. The van der Waals surface area contributed by atoms with Crippen LogP contribution in [0.1, 0.15) is 12.0 Å². The minimum Gasteiger partial charge on any atom is -0.370 e. The van der Waals surface area contributed by atoms with Crippen LogP contribution in [-0.4, -0.2) is 40.1 Å². The van der Waals surface area contributed by atoms with Crippen molar-refractivity contribution in [3.8, 4) is 0 Å². The third kappa shape index (κ3) is 3.61. The largest absolute Gasteiger partial charge is 0.370 e. The van der Waals surface area contributed by atoms with Crippen molar-refractivity contribution >= 4 is 27.1 Å². The van der Waals surface area contributed by atoms with Gasteiger partial charge < -0.3 is 10.2 Å². The Morgan fingerprint density at radius 3 is 2.84 bits per heavy atom. The van der Waals surface area contributed by atoms with Gasteiger partial charge in [0, 0.05) is 35.9 Å². The molecule has 1 N–H and O–H groups in total. The molecule has 4 nitrogen and oxygen atoms in total. The third-order valence-corrected chi connectivity index (χ3v) is 5.41. The number of hydrogen-bond acceptors (Lipinski definition) is 4. The summed E-state index contributed by atoms with van der Waals surface area (Å²) >= 11 is 6.24. The van der Waals surface area contributed by atoms with Crippen molar-refractivity contribution in [3.05, 3.63) is 28.8 Å². The lowest BCUT2D eigenvalue weighted by Gasteiger charge is -2.25. The predicted octanol–water partition coefficient (Wildman–Crippen LogP) is 1.68. The van der Waals surface area contributed by atoms with E-state index in [9.17, 15) is 8.42 Å². The van der Waals surface area contributed by atoms with Gasteiger partial charge in [0.2, 0.25) is 0 Å². The molecule has 2 rings (SSSR count). The quantitative estimate of drug-likeness (QED) is 0.923. The van der Waals surface area contributed by atoms with Crippen LogP contribution >= 0.6 is 11.6 Å². The summed E-state index contributed by atoms with van der Waals surface area (Å²) < 4.78 is 23.3. The van der Waals surface area contributed by atoms with Crippen LogP contribution in [0.5, 0.6) is 0 Å². The van der Waals surface area contributed by atoms with Crippen LogP contribution in [0.25, 0.3) is 0 Å². The molecule has 106 valence electrons. The fourth-order valence-corrected chi connectivity index (χ4v) is 3.88. The standard InChI is InChI=1S/C13H19ClN2O2S/c1-15-10-11-12(14)4-2-5-13(11)16-6-3-8-19(17,18)9-7-16/h2,4-5,15H,3,6-10H2,1H3. The van der Waals surface area contributed by atoms with Crippen molar-refractivity contribution in [3.63, 3.8) is 0 Å². The van der Waals surface area contributed by atoms with E-state index in [1.54, 1.807) is 0 Å². The molecular formula is C13H19ClN2O2S. The van der Waals surface area contributed by atoms with Crippen LogP contribution in [0.2, 0.25) is 5.02 Å². The van der Waals surface area contributed by atoms with Gasteiger partial charge in [-0.3, -0.25) is 0 Å². The predicted molar refractivity (Wildman–Crippen MR) is 79.7 cm³/mol. The van der Waals surface area contributed by atoms with Crippen LogP contribution in [0.4, 0.5) is 5.69 Å². The molecule has 0 amide bonds.